The van der Waals surface area contributed by atoms with Crippen molar-refractivity contribution in [3.05, 3.63) is 48.3 Å². The second-order valence-electron chi connectivity index (χ2n) is 3.40. The number of thioether (sulfide) groups is 1. The average molecular weight is 234 g/mol. The summed E-state index contributed by atoms with van der Waals surface area (Å²) in [5.41, 5.74) is 1.71. The molecule has 1 nitrogen and oxygen atoms in total. The van der Waals surface area contributed by atoms with Crippen LogP contribution in [0.25, 0.3) is 11.1 Å². The standard InChI is InChI=1S/C13H11FOS/c1-16-13-7-4-10(8-12(13)14)9-2-5-11(15)6-3-9/h2-8,15H,1H3. The molecule has 1 N–H and O–H groups in total. The Bertz CT molecular complexity index is 494. The van der Waals surface area contributed by atoms with Gasteiger partial charge in [0.1, 0.15) is 11.6 Å². The first-order chi connectivity index (χ1) is 7.70. The van der Waals surface area contributed by atoms with Gasteiger partial charge in [0.05, 0.1) is 0 Å². The monoisotopic (exact) mass is 234 g/mol. The zero-order valence-electron chi connectivity index (χ0n) is 8.77. The highest BCUT2D eigenvalue weighted by atomic mass is 32.2. The normalized spacial score (nSPS) is 10.4. The lowest BCUT2D eigenvalue weighted by molar-refractivity contribution is 0.475. The molecule has 2 aromatic carbocycles. The summed E-state index contributed by atoms with van der Waals surface area (Å²) in [7, 11) is 0. The molecule has 0 heterocycles. The van der Waals surface area contributed by atoms with Gasteiger partial charge >= 0.3 is 0 Å². The van der Waals surface area contributed by atoms with Crippen molar-refractivity contribution in [2.75, 3.05) is 6.26 Å². The maximum Gasteiger partial charge on any atom is 0.137 e. The van der Waals surface area contributed by atoms with E-state index < -0.39 is 0 Å². The average Bonchev–Trinajstić information content (AvgIpc) is 2.30. The van der Waals surface area contributed by atoms with Crippen LogP contribution in [0.3, 0.4) is 0 Å². The highest BCUT2D eigenvalue weighted by Crippen LogP contribution is 2.26. The Kier molecular flexibility index (Phi) is 3.15. The van der Waals surface area contributed by atoms with Crippen LogP contribution in [-0.2, 0) is 0 Å². The van der Waals surface area contributed by atoms with Crippen LogP contribution in [0, 0.1) is 5.82 Å². The third kappa shape index (κ3) is 2.19. The van der Waals surface area contributed by atoms with Crippen LogP contribution in [0.2, 0.25) is 0 Å². The van der Waals surface area contributed by atoms with Crippen LogP contribution in [0.1, 0.15) is 0 Å². The first-order valence-electron chi connectivity index (χ1n) is 4.83. The summed E-state index contributed by atoms with van der Waals surface area (Å²) in [5, 5.41) is 9.16. The van der Waals surface area contributed by atoms with E-state index in [0.29, 0.717) is 4.90 Å². The smallest absolute Gasteiger partial charge is 0.137 e. The summed E-state index contributed by atoms with van der Waals surface area (Å²) in [6.07, 6.45) is 1.85. The van der Waals surface area contributed by atoms with Crippen molar-refractivity contribution in [3.63, 3.8) is 0 Å². The Hall–Kier alpha value is -1.48. The quantitative estimate of drug-likeness (QED) is 0.795. The SMILES string of the molecule is CSc1ccc(-c2ccc(O)cc2)cc1F. The number of benzene rings is 2. The molecule has 2 aromatic rings. The largest absolute Gasteiger partial charge is 0.508 e. The van der Waals surface area contributed by atoms with Crippen molar-refractivity contribution in [1.29, 1.82) is 0 Å². The predicted molar refractivity (Wildman–Crippen MR) is 65.3 cm³/mol. The minimum atomic E-state index is -0.210. The Labute approximate surface area is 97.9 Å². The van der Waals surface area contributed by atoms with Gasteiger partial charge in [-0.3, -0.25) is 0 Å². The molecule has 0 fully saturated rings. The van der Waals surface area contributed by atoms with Gasteiger partial charge in [0.15, 0.2) is 0 Å². The molecular weight excluding hydrogens is 223 g/mol. The lowest BCUT2D eigenvalue weighted by Gasteiger charge is -2.04. The van der Waals surface area contributed by atoms with E-state index in [4.69, 9.17) is 5.11 Å². The van der Waals surface area contributed by atoms with Crippen molar-refractivity contribution in [2.45, 2.75) is 4.90 Å². The summed E-state index contributed by atoms with van der Waals surface area (Å²) in [6.45, 7) is 0. The molecule has 0 aliphatic rings. The number of phenols is 1. The molecule has 82 valence electrons. The van der Waals surface area contributed by atoms with E-state index in [1.807, 2.05) is 12.3 Å². The van der Waals surface area contributed by atoms with E-state index in [9.17, 15) is 4.39 Å². The maximum atomic E-state index is 13.5. The fourth-order valence-electron chi connectivity index (χ4n) is 1.50. The predicted octanol–water partition coefficient (Wildman–Crippen LogP) is 3.92. The third-order valence-corrected chi connectivity index (χ3v) is 3.12. The summed E-state index contributed by atoms with van der Waals surface area (Å²) in [6, 6.07) is 11.9. The topological polar surface area (TPSA) is 20.2 Å². The molecule has 0 saturated heterocycles. The van der Waals surface area contributed by atoms with E-state index in [1.165, 1.54) is 17.8 Å². The number of hydrogen-bond donors (Lipinski definition) is 1. The molecule has 0 aliphatic heterocycles. The van der Waals surface area contributed by atoms with Gasteiger partial charge in [-0.05, 0) is 41.6 Å². The van der Waals surface area contributed by atoms with Crippen LogP contribution in [0.15, 0.2) is 47.4 Å². The number of aromatic hydroxyl groups is 1. The van der Waals surface area contributed by atoms with Gasteiger partial charge in [-0.2, -0.15) is 0 Å². The van der Waals surface area contributed by atoms with Gasteiger partial charge in [0.2, 0.25) is 0 Å². The second kappa shape index (κ2) is 4.58. The molecule has 16 heavy (non-hydrogen) atoms. The zero-order valence-corrected chi connectivity index (χ0v) is 9.59. The Morgan fingerprint density at radius 1 is 1.00 bits per heavy atom. The molecule has 0 unspecified atom stereocenters. The molecule has 0 saturated carbocycles. The van der Waals surface area contributed by atoms with Crippen molar-refractivity contribution < 1.29 is 9.50 Å². The van der Waals surface area contributed by atoms with Crippen molar-refractivity contribution in [2.24, 2.45) is 0 Å². The Balaban J connectivity index is 2.41. The van der Waals surface area contributed by atoms with Gasteiger partial charge in [0.25, 0.3) is 0 Å². The number of hydrogen-bond acceptors (Lipinski definition) is 2. The highest BCUT2D eigenvalue weighted by molar-refractivity contribution is 7.98. The lowest BCUT2D eigenvalue weighted by Crippen LogP contribution is -1.83. The van der Waals surface area contributed by atoms with E-state index >= 15 is 0 Å². The van der Waals surface area contributed by atoms with Gasteiger partial charge < -0.3 is 5.11 Å². The van der Waals surface area contributed by atoms with Crippen LogP contribution in [-0.4, -0.2) is 11.4 Å². The van der Waals surface area contributed by atoms with Gasteiger partial charge in [0, 0.05) is 4.90 Å². The van der Waals surface area contributed by atoms with E-state index in [-0.39, 0.29) is 11.6 Å². The second-order valence-corrected chi connectivity index (χ2v) is 4.24. The van der Waals surface area contributed by atoms with Gasteiger partial charge in [-0.1, -0.05) is 18.2 Å². The fourth-order valence-corrected chi connectivity index (χ4v) is 1.96. The number of halogens is 1. The van der Waals surface area contributed by atoms with Crippen LogP contribution in [0.5, 0.6) is 5.75 Å². The first kappa shape index (κ1) is 11.0. The molecule has 0 aliphatic carbocycles. The van der Waals surface area contributed by atoms with E-state index in [0.717, 1.165) is 11.1 Å². The van der Waals surface area contributed by atoms with E-state index in [2.05, 4.69) is 0 Å². The first-order valence-corrected chi connectivity index (χ1v) is 6.06. The summed E-state index contributed by atoms with van der Waals surface area (Å²) in [4.78, 5) is 0.641. The van der Waals surface area contributed by atoms with Crippen molar-refractivity contribution in [3.8, 4) is 16.9 Å². The number of rotatable bonds is 2. The minimum absolute atomic E-state index is 0.210. The number of phenolic OH excluding ortho intramolecular Hbond substituents is 1. The maximum absolute atomic E-state index is 13.5. The molecule has 2 rings (SSSR count). The minimum Gasteiger partial charge on any atom is -0.508 e. The molecular formula is C13H11FOS. The van der Waals surface area contributed by atoms with E-state index in [1.54, 1.807) is 30.3 Å². The Morgan fingerprint density at radius 2 is 1.62 bits per heavy atom. The van der Waals surface area contributed by atoms with Crippen LogP contribution < -0.4 is 0 Å². The van der Waals surface area contributed by atoms with Crippen molar-refractivity contribution in [1.82, 2.24) is 0 Å². The lowest BCUT2D eigenvalue weighted by atomic mass is 10.1. The third-order valence-electron chi connectivity index (χ3n) is 2.35. The summed E-state index contributed by atoms with van der Waals surface area (Å²) in [5.74, 6) is 0.00281. The molecule has 0 bridgehead atoms. The fraction of sp³-hybridized carbons (Fsp3) is 0.0769. The molecule has 0 spiro atoms. The summed E-state index contributed by atoms with van der Waals surface area (Å²) < 4.78 is 13.5. The van der Waals surface area contributed by atoms with Crippen molar-refractivity contribution >= 4 is 11.8 Å². The zero-order chi connectivity index (χ0) is 11.5. The molecule has 0 aromatic heterocycles. The molecule has 0 amide bonds. The van der Waals surface area contributed by atoms with Crippen LogP contribution in [0.4, 0.5) is 4.39 Å². The van der Waals surface area contributed by atoms with Crippen LogP contribution >= 0.6 is 11.8 Å². The summed E-state index contributed by atoms with van der Waals surface area (Å²) >= 11 is 1.39. The highest BCUT2D eigenvalue weighted by Gasteiger charge is 2.04. The molecule has 0 atom stereocenters. The Morgan fingerprint density at radius 3 is 2.19 bits per heavy atom. The van der Waals surface area contributed by atoms with Gasteiger partial charge in [-0.25, -0.2) is 4.39 Å². The molecule has 3 heteroatoms. The molecule has 0 radical (unpaired) electrons. The van der Waals surface area contributed by atoms with Gasteiger partial charge in [-0.15, -0.1) is 11.8 Å².